The summed E-state index contributed by atoms with van der Waals surface area (Å²) in [4.78, 5) is 20.4. The maximum absolute atomic E-state index is 13.6. The molecule has 2 fully saturated rings. The van der Waals surface area contributed by atoms with Gasteiger partial charge in [-0.3, -0.25) is 4.79 Å². The standard InChI is InChI=1S/C31H36F3N5O4S/c1-29(2)19-22-6-4-3-5-21-7-9-23(10-8-21)44(41,42)37-28(40)24-11-12-25(35-27(24)38(29)20-22)39-17-13-26(36-39)43-18-16-30(14-15-30)31(32,33)34/h7-13,17,22H,3-6,14-16,18-20H2,1-2H3,(H,37,40)/t22-/m1/s1. The summed E-state index contributed by atoms with van der Waals surface area (Å²) < 4.78 is 75.3. The van der Waals surface area contributed by atoms with E-state index in [1.54, 1.807) is 30.5 Å². The van der Waals surface area contributed by atoms with Gasteiger partial charge in [0, 0.05) is 24.3 Å². The second kappa shape index (κ2) is 11.1. The van der Waals surface area contributed by atoms with Gasteiger partial charge in [-0.15, -0.1) is 5.10 Å². The van der Waals surface area contributed by atoms with Crippen LogP contribution >= 0.6 is 0 Å². The number of carbonyl (C=O) groups is 1. The lowest BCUT2D eigenvalue weighted by Gasteiger charge is -2.34. The number of hydrogen-bond acceptors (Lipinski definition) is 7. The van der Waals surface area contributed by atoms with Gasteiger partial charge in [0.15, 0.2) is 5.82 Å². The van der Waals surface area contributed by atoms with Crippen LogP contribution in [-0.2, 0) is 16.4 Å². The van der Waals surface area contributed by atoms with Crippen molar-refractivity contribution in [2.75, 3.05) is 18.1 Å². The first-order valence-electron chi connectivity index (χ1n) is 15.0. The van der Waals surface area contributed by atoms with Crippen LogP contribution in [0.4, 0.5) is 19.0 Å². The van der Waals surface area contributed by atoms with Crippen molar-refractivity contribution in [3.8, 4) is 11.7 Å². The lowest BCUT2D eigenvalue weighted by molar-refractivity contribution is -0.190. The summed E-state index contributed by atoms with van der Waals surface area (Å²) in [7, 11) is -4.14. The minimum atomic E-state index is -4.24. The summed E-state index contributed by atoms with van der Waals surface area (Å²) in [6.07, 6.45) is 2.19. The number of halogens is 3. The molecule has 1 saturated carbocycles. The van der Waals surface area contributed by atoms with Gasteiger partial charge in [0.1, 0.15) is 5.82 Å². The molecule has 1 aromatic carbocycles. The van der Waals surface area contributed by atoms with E-state index in [4.69, 9.17) is 9.72 Å². The SMILES string of the molecule is CC1(C)C[C@H]2CCCCc3ccc(cc3)S(=O)(=O)NC(=O)c3ccc(-n4ccc(OCCC5(C(F)(F)F)CC5)n4)nc3N1C2. The third kappa shape index (κ3) is 6.02. The van der Waals surface area contributed by atoms with Crippen molar-refractivity contribution >= 4 is 21.7 Å². The molecular weight excluding hydrogens is 595 g/mol. The summed E-state index contributed by atoms with van der Waals surface area (Å²) in [5.41, 5.74) is -0.853. The Bertz CT molecular complexity index is 1650. The van der Waals surface area contributed by atoms with E-state index >= 15 is 0 Å². The molecule has 1 N–H and O–H groups in total. The second-order valence-corrected chi connectivity index (χ2v) is 14.5. The number of ether oxygens (including phenoxy) is 1. The van der Waals surface area contributed by atoms with Crippen LogP contribution in [-0.4, -0.2) is 54.0 Å². The Morgan fingerprint density at radius 1 is 1.07 bits per heavy atom. The molecule has 5 heterocycles. The number of nitrogens with one attached hydrogen (secondary N) is 1. The molecule has 1 aliphatic carbocycles. The number of aromatic nitrogens is 3. The first kappa shape index (κ1) is 30.4. The number of amides is 1. The predicted molar refractivity (Wildman–Crippen MR) is 157 cm³/mol. The minimum Gasteiger partial charge on any atom is -0.477 e. The summed E-state index contributed by atoms with van der Waals surface area (Å²) in [5, 5.41) is 4.36. The topological polar surface area (TPSA) is 106 Å². The normalized spacial score (nSPS) is 22.3. The number of fused-ring (bicyclic) bond motifs is 7. The molecule has 44 heavy (non-hydrogen) atoms. The molecule has 1 saturated heterocycles. The zero-order chi connectivity index (χ0) is 31.3. The maximum atomic E-state index is 13.6. The van der Waals surface area contributed by atoms with Crippen LogP contribution in [0.1, 0.15) is 74.7 Å². The number of benzene rings is 1. The third-order valence-electron chi connectivity index (χ3n) is 9.19. The van der Waals surface area contributed by atoms with Gasteiger partial charge >= 0.3 is 6.18 Å². The number of rotatable bonds is 5. The highest BCUT2D eigenvalue weighted by Gasteiger charge is 2.62. The molecule has 2 aromatic heterocycles. The Balaban J connectivity index is 1.30. The highest BCUT2D eigenvalue weighted by Crippen LogP contribution is 2.59. The van der Waals surface area contributed by atoms with Crippen molar-refractivity contribution in [3.63, 3.8) is 0 Å². The Hall–Kier alpha value is -3.61. The number of hydrogen-bond donors (Lipinski definition) is 1. The van der Waals surface area contributed by atoms with Gasteiger partial charge in [0.2, 0.25) is 5.88 Å². The minimum absolute atomic E-state index is 0.00120. The van der Waals surface area contributed by atoms with Crippen LogP contribution in [0.2, 0.25) is 0 Å². The molecule has 3 aromatic rings. The smallest absolute Gasteiger partial charge is 0.394 e. The van der Waals surface area contributed by atoms with Crippen molar-refractivity contribution in [3.05, 3.63) is 59.8 Å². The van der Waals surface area contributed by atoms with Gasteiger partial charge in [0.25, 0.3) is 15.9 Å². The van der Waals surface area contributed by atoms with Gasteiger partial charge < -0.3 is 9.64 Å². The van der Waals surface area contributed by atoms with E-state index < -0.39 is 27.5 Å². The summed E-state index contributed by atoms with van der Waals surface area (Å²) in [6.45, 7) is 4.70. The molecule has 3 aliphatic heterocycles. The monoisotopic (exact) mass is 631 g/mol. The van der Waals surface area contributed by atoms with Crippen LogP contribution in [0, 0.1) is 11.3 Å². The third-order valence-corrected chi connectivity index (χ3v) is 10.5. The first-order chi connectivity index (χ1) is 20.8. The molecule has 13 heteroatoms. The van der Waals surface area contributed by atoms with Crippen molar-refractivity contribution < 1.29 is 31.1 Å². The zero-order valence-corrected chi connectivity index (χ0v) is 25.5. The van der Waals surface area contributed by atoms with Crippen LogP contribution in [0.5, 0.6) is 5.88 Å². The second-order valence-electron chi connectivity index (χ2n) is 12.8. The van der Waals surface area contributed by atoms with Crippen molar-refractivity contribution in [2.45, 2.75) is 81.8 Å². The van der Waals surface area contributed by atoms with Crippen molar-refractivity contribution in [1.29, 1.82) is 0 Å². The molecule has 0 radical (unpaired) electrons. The number of nitrogens with zero attached hydrogens (tertiary/aromatic N) is 4. The molecule has 4 aliphatic rings. The number of carbonyl (C=O) groups excluding carboxylic acids is 1. The van der Waals surface area contributed by atoms with E-state index in [1.807, 2.05) is 0 Å². The van der Waals surface area contributed by atoms with Gasteiger partial charge in [-0.2, -0.15) is 13.2 Å². The highest BCUT2D eigenvalue weighted by molar-refractivity contribution is 7.90. The Morgan fingerprint density at radius 3 is 2.52 bits per heavy atom. The van der Waals surface area contributed by atoms with Gasteiger partial charge in [-0.1, -0.05) is 18.6 Å². The number of alkyl halides is 3. The Labute approximate surface area is 254 Å². The molecule has 236 valence electrons. The van der Waals surface area contributed by atoms with Crippen LogP contribution < -0.4 is 14.4 Å². The summed E-state index contributed by atoms with van der Waals surface area (Å²) >= 11 is 0. The van der Waals surface area contributed by atoms with Crippen LogP contribution in [0.3, 0.4) is 0 Å². The zero-order valence-electron chi connectivity index (χ0n) is 24.7. The van der Waals surface area contributed by atoms with Crippen LogP contribution in [0.25, 0.3) is 5.82 Å². The largest absolute Gasteiger partial charge is 0.477 e. The molecule has 0 spiro atoms. The molecule has 7 rings (SSSR count). The van der Waals surface area contributed by atoms with E-state index in [1.165, 1.54) is 22.9 Å². The summed E-state index contributed by atoms with van der Waals surface area (Å²) in [6, 6.07) is 11.2. The van der Waals surface area contributed by atoms with Gasteiger partial charge in [-0.05, 0) is 94.5 Å². The fourth-order valence-corrected chi connectivity index (χ4v) is 7.39. The summed E-state index contributed by atoms with van der Waals surface area (Å²) in [5.74, 6) is 0.420. The van der Waals surface area contributed by atoms with Crippen LogP contribution in [0.15, 0.2) is 53.6 Å². The average Bonchev–Trinajstić information content (AvgIpc) is 3.51. The number of pyridine rings is 1. The lowest BCUT2D eigenvalue weighted by Crippen LogP contribution is -2.41. The average molecular weight is 632 g/mol. The number of aryl methyl sites for hydroxylation is 1. The van der Waals surface area contributed by atoms with Gasteiger partial charge in [-0.25, -0.2) is 22.8 Å². The van der Waals surface area contributed by atoms with E-state index in [9.17, 15) is 26.4 Å². The lowest BCUT2D eigenvalue weighted by atomic mass is 9.92. The van der Waals surface area contributed by atoms with E-state index in [0.29, 0.717) is 24.1 Å². The fourth-order valence-electron chi connectivity index (χ4n) is 6.42. The van der Waals surface area contributed by atoms with Crippen molar-refractivity contribution in [1.82, 2.24) is 19.5 Å². The Morgan fingerprint density at radius 2 is 1.82 bits per heavy atom. The molecule has 0 unspecified atom stereocenters. The molecular formula is C31H36F3N5O4S. The molecule has 1 atom stereocenters. The first-order valence-corrected chi connectivity index (χ1v) is 16.5. The number of sulfonamides is 1. The van der Waals surface area contributed by atoms with Gasteiger partial charge in [0.05, 0.1) is 22.5 Å². The Kier molecular flexibility index (Phi) is 7.66. The molecule has 1 amide bonds. The predicted octanol–water partition coefficient (Wildman–Crippen LogP) is 5.83. The van der Waals surface area contributed by atoms with E-state index in [-0.39, 0.29) is 47.7 Å². The quantitative estimate of drug-likeness (QED) is 0.378. The van der Waals surface area contributed by atoms with E-state index in [0.717, 1.165) is 37.7 Å². The fraction of sp³-hybridized carbons (Fsp3) is 0.516. The molecule has 9 nitrogen and oxygen atoms in total. The highest BCUT2D eigenvalue weighted by atomic mass is 32.2. The maximum Gasteiger partial charge on any atom is 0.394 e. The molecule has 4 bridgehead atoms. The number of anilines is 1. The van der Waals surface area contributed by atoms with E-state index in [2.05, 4.69) is 28.6 Å². The van der Waals surface area contributed by atoms with Crippen molar-refractivity contribution in [2.24, 2.45) is 11.3 Å².